The Labute approximate surface area is 113 Å². The van der Waals surface area contributed by atoms with Gasteiger partial charge in [0.15, 0.2) is 0 Å². The molecule has 2 aliphatic rings. The molecule has 2 saturated heterocycles. The zero-order valence-electron chi connectivity index (χ0n) is 11.6. The van der Waals surface area contributed by atoms with Gasteiger partial charge in [-0.3, -0.25) is 0 Å². The first-order chi connectivity index (χ1) is 9.31. The molecule has 7 nitrogen and oxygen atoms in total. The normalized spacial score (nSPS) is 38.1. The molecule has 0 aromatic rings. The maximum Gasteiger partial charge on any atom is 0.147 e. The van der Waals surface area contributed by atoms with E-state index >= 15 is 0 Å². The van der Waals surface area contributed by atoms with E-state index < -0.39 is 0 Å². The third kappa shape index (κ3) is 3.43. The second kappa shape index (κ2) is 7.49. The molecule has 19 heavy (non-hydrogen) atoms. The monoisotopic (exact) mass is 278 g/mol. The summed E-state index contributed by atoms with van der Waals surface area (Å²) in [5, 5.41) is 0. The second-order valence-corrected chi connectivity index (χ2v) is 4.49. The summed E-state index contributed by atoms with van der Waals surface area (Å²) in [7, 11) is 4.88. The molecule has 0 radical (unpaired) electrons. The lowest BCUT2D eigenvalue weighted by Gasteiger charge is -2.41. The highest BCUT2D eigenvalue weighted by Gasteiger charge is 2.43. The molecule has 2 fully saturated rings. The van der Waals surface area contributed by atoms with Crippen molar-refractivity contribution < 1.29 is 33.2 Å². The van der Waals surface area contributed by atoms with Gasteiger partial charge < -0.3 is 33.2 Å². The van der Waals surface area contributed by atoms with Crippen LogP contribution >= 0.6 is 0 Å². The Morgan fingerprint density at radius 2 is 1.32 bits per heavy atom. The van der Waals surface area contributed by atoms with Crippen LogP contribution in [-0.4, -0.2) is 78.6 Å². The lowest BCUT2D eigenvalue weighted by atomic mass is 9.98. The first kappa shape index (κ1) is 15.1. The van der Waals surface area contributed by atoms with E-state index in [4.69, 9.17) is 33.2 Å². The topological polar surface area (TPSA) is 64.6 Å². The Hall–Kier alpha value is -0.280. The zero-order valence-corrected chi connectivity index (χ0v) is 11.6. The van der Waals surface area contributed by atoms with Gasteiger partial charge in [0.1, 0.15) is 44.1 Å². The molecule has 0 amide bonds. The molecule has 0 spiro atoms. The highest BCUT2D eigenvalue weighted by atomic mass is 16.7. The van der Waals surface area contributed by atoms with Crippen molar-refractivity contribution in [2.75, 3.05) is 48.1 Å². The average molecular weight is 278 g/mol. The van der Waals surface area contributed by atoms with Crippen LogP contribution in [0.5, 0.6) is 0 Å². The molecule has 0 saturated carbocycles. The minimum absolute atomic E-state index is 0.192. The van der Waals surface area contributed by atoms with Gasteiger partial charge in [-0.1, -0.05) is 0 Å². The molecule has 0 aromatic carbocycles. The Morgan fingerprint density at radius 1 is 0.842 bits per heavy atom. The van der Waals surface area contributed by atoms with Crippen molar-refractivity contribution in [1.82, 2.24) is 0 Å². The van der Waals surface area contributed by atoms with Gasteiger partial charge in [0.05, 0.1) is 13.2 Å². The highest BCUT2D eigenvalue weighted by molar-refractivity contribution is 4.91. The van der Waals surface area contributed by atoms with Crippen LogP contribution in [0.15, 0.2) is 0 Å². The van der Waals surface area contributed by atoms with Gasteiger partial charge in [0.25, 0.3) is 0 Å². The molecule has 0 N–H and O–H groups in total. The van der Waals surface area contributed by atoms with E-state index in [1.807, 2.05) is 0 Å². The Kier molecular flexibility index (Phi) is 5.96. The molecule has 112 valence electrons. The molecule has 1 unspecified atom stereocenters. The van der Waals surface area contributed by atoms with E-state index in [0.29, 0.717) is 13.2 Å². The summed E-state index contributed by atoms with van der Waals surface area (Å²) in [5.74, 6) is 0. The van der Waals surface area contributed by atoms with E-state index in [2.05, 4.69) is 0 Å². The third-order valence-electron chi connectivity index (χ3n) is 3.51. The van der Waals surface area contributed by atoms with Crippen LogP contribution in [0.4, 0.5) is 0 Å². The van der Waals surface area contributed by atoms with Crippen molar-refractivity contribution >= 4 is 0 Å². The van der Waals surface area contributed by atoms with Crippen molar-refractivity contribution in [3.05, 3.63) is 0 Å². The molecule has 2 aliphatic heterocycles. The van der Waals surface area contributed by atoms with E-state index in [0.717, 1.165) is 0 Å². The van der Waals surface area contributed by atoms with Crippen molar-refractivity contribution in [2.45, 2.75) is 30.5 Å². The maximum absolute atomic E-state index is 5.63. The summed E-state index contributed by atoms with van der Waals surface area (Å²) >= 11 is 0. The fourth-order valence-corrected chi connectivity index (χ4v) is 2.46. The lowest BCUT2D eigenvalue weighted by molar-refractivity contribution is -0.279. The largest absolute Gasteiger partial charge is 0.376 e. The van der Waals surface area contributed by atoms with Gasteiger partial charge in [-0.15, -0.1) is 0 Å². The van der Waals surface area contributed by atoms with Crippen LogP contribution in [0, 0.1) is 0 Å². The van der Waals surface area contributed by atoms with Gasteiger partial charge in [0.2, 0.25) is 0 Å². The van der Waals surface area contributed by atoms with Gasteiger partial charge in [-0.05, 0) is 0 Å². The van der Waals surface area contributed by atoms with E-state index in [1.165, 1.54) is 0 Å². The molecule has 0 aromatic heterocycles. The van der Waals surface area contributed by atoms with Crippen molar-refractivity contribution in [2.24, 2.45) is 0 Å². The lowest BCUT2D eigenvalue weighted by Crippen LogP contribution is -2.58. The van der Waals surface area contributed by atoms with Crippen LogP contribution in [0.3, 0.4) is 0 Å². The summed E-state index contributed by atoms with van der Waals surface area (Å²) in [5.41, 5.74) is 0. The minimum atomic E-state index is -0.303. The van der Waals surface area contributed by atoms with E-state index in [1.54, 1.807) is 21.3 Å². The van der Waals surface area contributed by atoms with E-state index in [-0.39, 0.29) is 44.1 Å². The minimum Gasteiger partial charge on any atom is -0.376 e. The van der Waals surface area contributed by atoms with Crippen LogP contribution in [0.25, 0.3) is 0 Å². The van der Waals surface area contributed by atoms with Crippen LogP contribution in [-0.2, 0) is 33.2 Å². The van der Waals surface area contributed by atoms with Gasteiger partial charge >= 0.3 is 0 Å². The third-order valence-corrected chi connectivity index (χ3v) is 3.51. The van der Waals surface area contributed by atoms with Crippen LogP contribution in [0.1, 0.15) is 0 Å². The maximum atomic E-state index is 5.63. The molecule has 2 heterocycles. The molecule has 2 rings (SSSR count). The van der Waals surface area contributed by atoms with Gasteiger partial charge in [-0.25, -0.2) is 0 Å². The Balaban J connectivity index is 2.07. The van der Waals surface area contributed by atoms with Crippen molar-refractivity contribution in [3.63, 3.8) is 0 Å². The second-order valence-electron chi connectivity index (χ2n) is 4.49. The summed E-state index contributed by atoms with van der Waals surface area (Å²) in [6, 6.07) is 0. The fraction of sp³-hybridized carbons (Fsp3) is 1.00. The average Bonchev–Trinajstić information content (AvgIpc) is 2.49. The molecular formula is C12H22O7. The summed E-state index contributed by atoms with van der Waals surface area (Å²) in [6.07, 6.45) is -1.21. The highest BCUT2D eigenvalue weighted by Crippen LogP contribution is 2.24. The smallest absolute Gasteiger partial charge is 0.147 e. The van der Waals surface area contributed by atoms with Crippen LogP contribution < -0.4 is 0 Å². The summed E-state index contributed by atoms with van der Waals surface area (Å²) in [4.78, 5) is 0. The summed E-state index contributed by atoms with van der Waals surface area (Å²) < 4.78 is 38.1. The molecular weight excluding hydrogens is 256 g/mol. The fourth-order valence-electron chi connectivity index (χ4n) is 2.46. The Bertz CT molecular complexity index is 238. The predicted molar refractivity (Wildman–Crippen MR) is 63.8 cm³/mol. The molecule has 5 atom stereocenters. The summed E-state index contributed by atoms with van der Waals surface area (Å²) in [6.45, 7) is 1.40. The van der Waals surface area contributed by atoms with Crippen molar-refractivity contribution in [3.8, 4) is 0 Å². The zero-order chi connectivity index (χ0) is 13.7. The number of hydrogen-bond acceptors (Lipinski definition) is 7. The van der Waals surface area contributed by atoms with Gasteiger partial charge in [0, 0.05) is 21.3 Å². The van der Waals surface area contributed by atoms with Crippen molar-refractivity contribution in [1.29, 1.82) is 0 Å². The first-order valence-corrected chi connectivity index (χ1v) is 6.29. The number of hydrogen-bond donors (Lipinski definition) is 0. The molecule has 7 heteroatoms. The molecule has 0 aliphatic carbocycles. The molecule has 0 bridgehead atoms. The number of rotatable bonds is 5. The van der Waals surface area contributed by atoms with Crippen LogP contribution in [0.2, 0.25) is 0 Å². The first-order valence-electron chi connectivity index (χ1n) is 6.29. The van der Waals surface area contributed by atoms with Gasteiger partial charge in [-0.2, -0.15) is 0 Å². The standard InChI is InChI=1S/C12H22O7/c1-13-8-4-16-6-18-10(8)12(15-3)11-9(14-2)5-17-7-19-11/h8-12H,4-7H2,1-3H3/t8-,9+,10+,11-,12?. The predicted octanol–water partition coefficient (Wildman–Crippen LogP) is -0.223. The SMILES string of the molecule is COC([C@H]1OCOC[C@H]1OC)[C@@H]1OCOC[C@@H]1OC. The number of methoxy groups -OCH3 is 3. The quantitative estimate of drug-likeness (QED) is 0.688. The number of ether oxygens (including phenoxy) is 7. The van der Waals surface area contributed by atoms with E-state index in [9.17, 15) is 0 Å². The Morgan fingerprint density at radius 3 is 1.68 bits per heavy atom.